The van der Waals surface area contributed by atoms with Crippen molar-refractivity contribution in [2.75, 3.05) is 5.32 Å². The maximum Gasteiger partial charge on any atom is 0.257 e. The molecule has 1 heterocycles. The average molecular weight is 420 g/mol. The van der Waals surface area contributed by atoms with Gasteiger partial charge in [-0.25, -0.2) is 4.98 Å². The zero-order valence-electron chi connectivity index (χ0n) is 14.0. The number of benzene rings is 2. The summed E-state index contributed by atoms with van der Waals surface area (Å²) in [4.78, 5) is 28.5. The third kappa shape index (κ3) is 5.53. The molecule has 3 rings (SSSR count). The first-order valence-electron chi connectivity index (χ1n) is 8.02. The second-order valence-electron chi connectivity index (χ2n) is 5.65. The van der Waals surface area contributed by atoms with Gasteiger partial charge in [-0.3, -0.25) is 14.9 Å². The molecule has 0 unspecified atom stereocenters. The van der Waals surface area contributed by atoms with E-state index in [1.54, 1.807) is 47.8 Å². The highest BCUT2D eigenvalue weighted by molar-refractivity contribution is 7.14. The molecule has 0 radical (unpaired) electrons. The molecule has 2 amide bonds. The number of thiazole rings is 1. The van der Waals surface area contributed by atoms with Crippen molar-refractivity contribution >= 4 is 51.5 Å². The number of nitrogens with one attached hydrogen (secondary N) is 2. The van der Waals surface area contributed by atoms with Gasteiger partial charge < -0.3 is 5.32 Å². The standard InChI is InChI=1S/C19H15Cl2N3O2S/c20-14-7-6-13(16(21)8-14)10-22-17(25)9-15-11-27-19(23-15)24-18(26)12-4-2-1-3-5-12/h1-8,11H,9-10H2,(H,22,25)(H,23,24,26). The highest BCUT2D eigenvalue weighted by Gasteiger charge is 2.11. The molecule has 0 saturated carbocycles. The Labute approximate surface area is 170 Å². The Balaban J connectivity index is 1.52. The van der Waals surface area contributed by atoms with Crippen molar-refractivity contribution < 1.29 is 9.59 Å². The first kappa shape index (κ1) is 19.4. The second-order valence-corrected chi connectivity index (χ2v) is 7.36. The summed E-state index contributed by atoms with van der Waals surface area (Å²) in [7, 11) is 0. The first-order chi connectivity index (χ1) is 13.0. The van der Waals surface area contributed by atoms with Crippen LogP contribution in [0.4, 0.5) is 5.13 Å². The minimum absolute atomic E-state index is 0.114. The summed E-state index contributed by atoms with van der Waals surface area (Å²) in [6.45, 7) is 0.302. The summed E-state index contributed by atoms with van der Waals surface area (Å²) in [6, 6.07) is 14.0. The smallest absolute Gasteiger partial charge is 0.257 e. The Morgan fingerprint density at radius 1 is 1.07 bits per heavy atom. The molecule has 27 heavy (non-hydrogen) atoms. The van der Waals surface area contributed by atoms with Crippen molar-refractivity contribution in [2.24, 2.45) is 0 Å². The molecule has 0 fully saturated rings. The SMILES string of the molecule is O=C(Cc1csc(NC(=O)c2ccccc2)n1)NCc1ccc(Cl)cc1Cl. The van der Waals surface area contributed by atoms with E-state index in [1.165, 1.54) is 11.3 Å². The molecule has 0 saturated heterocycles. The third-order valence-electron chi connectivity index (χ3n) is 3.64. The van der Waals surface area contributed by atoms with E-state index >= 15 is 0 Å². The Kier molecular flexibility index (Phi) is 6.45. The lowest BCUT2D eigenvalue weighted by molar-refractivity contribution is -0.120. The summed E-state index contributed by atoms with van der Waals surface area (Å²) in [5, 5.41) is 8.77. The molecular formula is C19H15Cl2N3O2S. The molecule has 0 aliphatic carbocycles. The summed E-state index contributed by atoms with van der Waals surface area (Å²) in [6.07, 6.45) is 0.114. The fourth-order valence-electron chi connectivity index (χ4n) is 2.29. The number of halogens is 2. The molecule has 2 N–H and O–H groups in total. The van der Waals surface area contributed by atoms with E-state index in [2.05, 4.69) is 15.6 Å². The molecule has 0 bridgehead atoms. The van der Waals surface area contributed by atoms with E-state index in [0.717, 1.165) is 5.56 Å². The van der Waals surface area contributed by atoms with Gasteiger partial charge in [0.25, 0.3) is 5.91 Å². The fourth-order valence-corrected chi connectivity index (χ4v) is 3.47. The zero-order valence-corrected chi connectivity index (χ0v) is 16.4. The second kappa shape index (κ2) is 8.99. The Morgan fingerprint density at radius 3 is 2.59 bits per heavy atom. The number of amides is 2. The van der Waals surface area contributed by atoms with E-state index in [4.69, 9.17) is 23.2 Å². The number of anilines is 1. The van der Waals surface area contributed by atoms with Gasteiger partial charge in [-0.2, -0.15) is 0 Å². The topological polar surface area (TPSA) is 71.1 Å². The molecule has 2 aromatic carbocycles. The van der Waals surface area contributed by atoms with Gasteiger partial charge in [0.2, 0.25) is 5.91 Å². The molecule has 0 atom stereocenters. The van der Waals surface area contributed by atoms with Gasteiger partial charge in [0.05, 0.1) is 12.1 Å². The maximum absolute atomic E-state index is 12.1. The van der Waals surface area contributed by atoms with Crippen LogP contribution in [0.25, 0.3) is 0 Å². The van der Waals surface area contributed by atoms with E-state index in [9.17, 15) is 9.59 Å². The molecule has 0 aliphatic heterocycles. The number of aromatic nitrogens is 1. The van der Waals surface area contributed by atoms with Crippen LogP contribution < -0.4 is 10.6 Å². The number of carbonyl (C=O) groups excluding carboxylic acids is 2. The molecule has 0 spiro atoms. The lowest BCUT2D eigenvalue weighted by atomic mass is 10.2. The normalized spacial score (nSPS) is 10.4. The molecule has 3 aromatic rings. The largest absolute Gasteiger partial charge is 0.352 e. The average Bonchev–Trinajstić information content (AvgIpc) is 3.08. The van der Waals surface area contributed by atoms with Gasteiger partial charge in [0.1, 0.15) is 0 Å². The predicted octanol–water partition coefficient (Wildman–Crippen LogP) is 4.56. The molecular weight excluding hydrogens is 405 g/mol. The van der Waals surface area contributed by atoms with E-state index < -0.39 is 0 Å². The van der Waals surface area contributed by atoms with Crippen LogP contribution >= 0.6 is 34.5 Å². The van der Waals surface area contributed by atoms with Crippen LogP contribution in [0, 0.1) is 0 Å². The third-order valence-corrected chi connectivity index (χ3v) is 5.03. The van der Waals surface area contributed by atoms with Crippen molar-refractivity contribution in [1.82, 2.24) is 10.3 Å². The van der Waals surface area contributed by atoms with Crippen molar-refractivity contribution in [1.29, 1.82) is 0 Å². The van der Waals surface area contributed by atoms with Gasteiger partial charge in [-0.05, 0) is 29.8 Å². The lowest BCUT2D eigenvalue weighted by Gasteiger charge is -2.06. The predicted molar refractivity (Wildman–Crippen MR) is 109 cm³/mol. The minimum atomic E-state index is -0.238. The van der Waals surface area contributed by atoms with Gasteiger partial charge in [-0.15, -0.1) is 11.3 Å². The first-order valence-corrected chi connectivity index (χ1v) is 9.66. The summed E-state index contributed by atoms with van der Waals surface area (Å²) in [5.41, 5.74) is 1.92. The molecule has 0 aliphatic rings. The number of nitrogens with zero attached hydrogens (tertiary/aromatic N) is 1. The number of hydrogen-bond donors (Lipinski definition) is 2. The van der Waals surface area contributed by atoms with E-state index in [1.807, 2.05) is 6.07 Å². The van der Waals surface area contributed by atoms with Crippen LogP contribution in [0.1, 0.15) is 21.6 Å². The number of hydrogen-bond acceptors (Lipinski definition) is 4. The Bertz CT molecular complexity index is 961. The lowest BCUT2D eigenvalue weighted by Crippen LogP contribution is -2.24. The van der Waals surface area contributed by atoms with E-state index in [0.29, 0.717) is 33.0 Å². The van der Waals surface area contributed by atoms with Gasteiger partial charge in [0.15, 0.2) is 5.13 Å². The number of carbonyl (C=O) groups is 2. The van der Waals surface area contributed by atoms with Crippen LogP contribution in [0.2, 0.25) is 10.0 Å². The highest BCUT2D eigenvalue weighted by atomic mass is 35.5. The Hall–Kier alpha value is -2.41. The van der Waals surface area contributed by atoms with Crippen LogP contribution in [-0.4, -0.2) is 16.8 Å². The minimum Gasteiger partial charge on any atom is -0.352 e. The molecule has 8 heteroatoms. The van der Waals surface area contributed by atoms with Crippen LogP contribution in [-0.2, 0) is 17.8 Å². The summed E-state index contributed by atoms with van der Waals surface area (Å²) >= 11 is 13.2. The maximum atomic E-state index is 12.1. The van der Waals surface area contributed by atoms with Crippen molar-refractivity contribution in [3.8, 4) is 0 Å². The quantitative estimate of drug-likeness (QED) is 0.614. The van der Waals surface area contributed by atoms with Crippen LogP contribution in [0.5, 0.6) is 0 Å². The van der Waals surface area contributed by atoms with Gasteiger partial charge in [-0.1, -0.05) is 47.5 Å². The van der Waals surface area contributed by atoms with Crippen molar-refractivity contribution in [2.45, 2.75) is 13.0 Å². The van der Waals surface area contributed by atoms with Gasteiger partial charge in [0, 0.05) is 27.5 Å². The molecule has 5 nitrogen and oxygen atoms in total. The zero-order chi connectivity index (χ0) is 19.2. The fraction of sp³-hybridized carbons (Fsp3) is 0.105. The summed E-state index contributed by atoms with van der Waals surface area (Å²) < 4.78 is 0. The monoisotopic (exact) mass is 419 g/mol. The van der Waals surface area contributed by atoms with Gasteiger partial charge >= 0.3 is 0 Å². The van der Waals surface area contributed by atoms with Crippen molar-refractivity contribution in [3.63, 3.8) is 0 Å². The van der Waals surface area contributed by atoms with Crippen molar-refractivity contribution in [3.05, 3.63) is 80.8 Å². The van der Waals surface area contributed by atoms with E-state index in [-0.39, 0.29) is 18.2 Å². The Morgan fingerprint density at radius 2 is 1.85 bits per heavy atom. The van der Waals surface area contributed by atoms with Crippen LogP contribution in [0.3, 0.4) is 0 Å². The van der Waals surface area contributed by atoms with Crippen LogP contribution in [0.15, 0.2) is 53.9 Å². The number of rotatable bonds is 6. The molecule has 138 valence electrons. The summed E-state index contributed by atoms with van der Waals surface area (Å²) in [5.74, 6) is -0.425. The molecule has 1 aromatic heterocycles. The highest BCUT2D eigenvalue weighted by Crippen LogP contribution is 2.21.